The molecule has 1 heterocycles. The van der Waals surface area contributed by atoms with Crippen LogP contribution in [0.15, 0.2) is 53.5 Å². The van der Waals surface area contributed by atoms with Gasteiger partial charge < -0.3 is 15.7 Å². The van der Waals surface area contributed by atoms with Gasteiger partial charge in [-0.25, -0.2) is 14.1 Å². The van der Waals surface area contributed by atoms with Gasteiger partial charge in [0, 0.05) is 24.3 Å². The first-order valence-electron chi connectivity index (χ1n) is 10.0. The molecule has 0 unspecified atom stereocenters. The Hall–Kier alpha value is -3.19. The third-order valence-corrected chi connectivity index (χ3v) is 4.72. The number of para-hydroxylation sites is 1. The van der Waals surface area contributed by atoms with E-state index < -0.39 is 5.82 Å². The van der Waals surface area contributed by atoms with Crippen molar-refractivity contribution in [2.45, 2.75) is 40.5 Å². The molecular weight excluding hydrogens is 381 g/mol. The third kappa shape index (κ3) is 5.24. The Bertz CT molecular complexity index is 1030. The minimum absolute atomic E-state index is 0.277. The maximum atomic E-state index is 13.6. The van der Waals surface area contributed by atoms with E-state index in [9.17, 15) is 9.50 Å². The molecule has 3 rings (SSSR count). The van der Waals surface area contributed by atoms with Gasteiger partial charge in [-0.1, -0.05) is 24.3 Å². The molecule has 0 amide bonds. The number of aliphatic hydroxyl groups is 1. The summed E-state index contributed by atoms with van der Waals surface area (Å²) >= 11 is 0. The highest BCUT2D eigenvalue weighted by atomic mass is 19.1. The second kappa shape index (κ2) is 10.0. The predicted octanol–water partition coefficient (Wildman–Crippen LogP) is 3.38. The molecule has 0 atom stereocenters. The lowest BCUT2D eigenvalue weighted by Crippen LogP contribution is -2.37. The summed E-state index contributed by atoms with van der Waals surface area (Å²) in [5.74, 6) is 0.256. The number of aliphatic hydroxyl groups excluding tert-OH is 1. The van der Waals surface area contributed by atoms with Crippen molar-refractivity contribution in [2.24, 2.45) is 4.99 Å². The van der Waals surface area contributed by atoms with Crippen LogP contribution in [-0.2, 0) is 19.7 Å². The van der Waals surface area contributed by atoms with Crippen LogP contribution in [0, 0.1) is 19.7 Å². The second-order valence-corrected chi connectivity index (χ2v) is 7.10. The van der Waals surface area contributed by atoms with Gasteiger partial charge in [0.25, 0.3) is 0 Å². The number of hydrogen-bond acceptors (Lipinski definition) is 3. The second-order valence-electron chi connectivity index (χ2n) is 7.10. The Labute approximate surface area is 176 Å². The van der Waals surface area contributed by atoms with E-state index in [1.807, 2.05) is 37.6 Å². The Balaban J connectivity index is 1.75. The van der Waals surface area contributed by atoms with Crippen LogP contribution in [0.25, 0.3) is 5.69 Å². The van der Waals surface area contributed by atoms with Crippen molar-refractivity contribution in [3.05, 3.63) is 82.4 Å². The van der Waals surface area contributed by atoms with E-state index in [1.54, 1.807) is 12.1 Å². The van der Waals surface area contributed by atoms with Gasteiger partial charge in [-0.15, -0.1) is 0 Å². The fourth-order valence-corrected chi connectivity index (χ4v) is 3.28. The molecule has 3 N–H and O–H groups in total. The highest BCUT2D eigenvalue weighted by molar-refractivity contribution is 5.79. The van der Waals surface area contributed by atoms with E-state index in [0.717, 1.165) is 34.7 Å². The van der Waals surface area contributed by atoms with Crippen molar-refractivity contribution >= 4 is 5.96 Å². The number of halogens is 1. The lowest BCUT2D eigenvalue weighted by atomic mass is 10.1. The standard InChI is InChI=1S/C23H28FN5O/c1-4-25-23(26-13-18-9-10-21(24)20(12-18)15-30)27-14-19-7-5-6-8-22(19)29-17(3)11-16(2)28-29/h5-12,30H,4,13-15H2,1-3H3,(H2,25,26,27). The van der Waals surface area contributed by atoms with Crippen LogP contribution in [-0.4, -0.2) is 27.4 Å². The number of nitrogens with zero attached hydrogens (tertiary/aromatic N) is 3. The van der Waals surface area contributed by atoms with Gasteiger partial charge in [-0.2, -0.15) is 5.10 Å². The molecule has 6 nitrogen and oxygen atoms in total. The Kier molecular flexibility index (Phi) is 7.19. The Morgan fingerprint density at radius 2 is 1.90 bits per heavy atom. The summed E-state index contributed by atoms with van der Waals surface area (Å²) in [6.45, 7) is 7.37. The normalized spacial score (nSPS) is 11.6. The fourth-order valence-electron chi connectivity index (χ4n) is 3.28. The van der Waals surface area contributed by atoms with E-state index >= 15 is 0 Å². The van der Waals surface area contributed by atoms with Crippen LogP contribution < -0.4 is 10.6 Å². The van der Waals surface area contributed by atoms with E-state index in [0.29, 0.717) is 19.0 Å². The predicted molar refractivity (Wildman–Crippen MR) is 117 cm³/mol. The van der Waals surface area contributed by atoms with Crippen LogP contribution in [0.5, 0.6) is 0 Å². The van der Waals surface area contributed by atoms with Crippen LogP contribution in [0.2, 0.25) is 0 Å². The average Bonchev–Trinajstić information content (AvgIpc) is 3.09. The highest BCUT2D eigenvalue weighted by Gasteiger charge is 2.09. The maximum Gasteiger partial charge on any atom is 0.191 e. The summed E-state index contributed by atoms with van der Waals surface area (Å²) in [5.41, 5.74) is 5.29. The quantitative estimate of drug-likeness (QED) is 0.413. The molecular formula is C23H28FN5O. The molecule has 0 fully saturated rings. The van der Waals surface area contributed by atoms with Gasteiger partial charge in [-0.3, -0.25) is 0 Å². The summed E-state index contributed by atoms with van der Waals surface area (Å²) in [5, 5.41) is 20.4. The smallest absolute Gasteiger partial charge is 0.191 e. The monoisotopic (exact) mass is 409 g/mol. The summed E-state index contributed by atoms with van der Waals surface area (Å²) in [6, 6.07) is 14.9. The third-order valence-electron chi connectivity index (χ3n) is 4.72. The molecule has 0 saturated heterocycles. The Morgan fingerprint density at radius 1 is 1.10 bits per heavy atom. The zero-order valence-corrected chi connectivity index (χ0v) is 17.6. The number of hydrogen-bond donors (Lipinski definition) is 3. The molecule has 30 heavy (non-hydrogen) atoms. The molecule has 0 aliphatic heterocycles. The maximum absolute atomic E-state index is 13.6. The molecule has 0 bridgehead atoms. The molecule has 1 aromatic heterocycles. The van der Waals surface area contributed by atoms with Crippen molar-refractivity contribution in [1.82, 2.24) is 20.4 Å². The number of guanidine groups is 1. The highest BCUT2D eigenvalue weighted by Crippen LogP contribution is 2.17. The van der Waals surface area contributed by atoms with Crippen LogP contribution in [0.3, 0.4) is 0 Å². The summed E-state index contributed by atoms with van der Waals surface area (Å²) < 4.78 is 15.5. The van der Waals surface area contributed by atoms with E-state index in [2.05, 4.69) is 38.9 Å². The first kappa shape index (κ1) is 21.5. The van der Waals surface area contributed by atoms with Crippen molar-refractivity contribution < 1.29 is 9.50 Å². The SMILES string of the molecule is CCNC(=NCc1ccc(F)c(CO)c1)NCc1ccccc1-n1nc(C)cc1C. The van der Waals surface area contributed by atoms with E-state index in [1.165, 1.54) is 6.07 Å². The molecule has 2 aromatic carbocycles. The van der Waals surface area contributed by atoms with Crippen molar-refractivity contribution in [2.75, 3.05) is 6.54 Å². The average molecular weight is 410 g/mol. The molecule has 0 spiro atoms. The molecule has 3 aromatic rings. The molecule has 158 valence electrons. The summed E-state index contributed by atoms with van der Waals surface area (Å²) in [4.78, 5) is 4.60. The topological polar surface area (TPSA) is 74.5 Å². The fraction of sp³-hybridized carbons (Fsp3) is 0.304. The first-order valence-corrected chi connectivity index (χ1v) is 10.0. The van der Waals surface area contributed by atoms with E-state index in [4.69, 9.17) is 0 Å². The van der Waals surface area contributed by atoms with Gasteiger partial charge in [0.15, 0.2) is 5.96 Å². The molecule has 7 heteroatoms. The number of aryl methyl sites for hydroxylation is 2. The lowest BCUT2D eigenvalue weighted by molar-refractivity contribution is 0.275. The molecule has 0 aliphatic carbocycles. The minimum atomic E-state index is -0.406. The van der Waals surface area contributed by atoms with Crippen molar-refractivity contribution in [1.29, 1.82) is 0 Å². The van der Waals surface area contributed by atoms with E-state index in [-0.39, 0.29) is 12.2 Å². The largest absolute Gasteiger partial charge is 0.392 e. The van der Waals surface area contributed by atoms with Gasteiger partial charge in [0.05, 0.1) is 24.5 Å². The van der Waals surface area contributed by atoms with Crippen LogP contribution in [0.4, 0.5) is 4.39 Å². The number of aromatic nitrogens is 2. The summed E-state index contributed by atoms with van der Waals surface area (Å²) in [6.07, 6.45) is 0. The zero-order chi connectivity index (χ0) is 21.5. The molecule has 0 aliphatic rings. The first-order chi connectivity index (χ1) is 14.5. The van der Waals surface area contributed by atoms with Gasteiger partial charge >= 0.3 is 0 Å². The number of aliphatic imine (C=N–C) groups is 1. The van der Waals surface area contributed by atoms with Crippen LogP contribution >= 0.6 is 0 Å². The number of benzene rings is 2. The zero-order valence-electron chi connectivity index (χ0n) is 17.6. The van der Waals surface area contributed by atoms with Crippen molar-refractivity contribution in [3.63, 3.8) is 0 Å². The lowest BCUT2D eigenvalue weighted by Gasteiger charge is -2.15. The van der Waals surface area contributed by atoms with Gasteiger partial charge in [-0.05, 0) is 56.2 Å². The minimum Gasteiger partial charge on any atom is -0.392 e. The number of nitrogens with one attached hydrogen (secondary N) is 2. The summed E-state index contributed by atoms with van der Waals surface area (Å²) in [7, 11) is 0. The van der Waals surface area contributed by atoms with Gasteiger partial charge in [0.1, 0.15) is 5.82 Å². The van der Waals surface area contributed by atoms with Crippen molar-refractivity contribution in [3.8, 4) is 5.69 Å². The molecule has 0 radical (unpaired) electrons. The van der Waals surface area contributed by atoms with Gasteiger partial charge in [0.2, 0.25) is 0 Å². The Morgan fingerprint density at radius 3 is 2.60 bits per heavy atom. The van der Waals surface area contributed by atoms with Crippen LogP contribution in [0.1, 0.15) is 35.0 Å². The molecule has 0 saturated carbocycles. The number of rotatable bonds is 7.